The van der Waals surface area contributed by atoms with Crippen molar-refractivity contribution in [3.8, 4) is 11.5 Å². The van der Waals surface area contributed by atoms with Gasteiger partial charge in [-0.2, -0.15) is 0 Å². The van der Waals surface area contributed by atoms with Gasteiger partial charge in [0, 0.05) is 40.9 Å². The SMILES string of the molecule is O=C(/C=C1\NCCc2cc3c(cc21)OCCCO3)c1ccc(Cl)cc1. The summed E-state index contributed by atoms with van der Waals surface area (Å²) < 4.78 is 11.6. The third-order valence-corrected chi connectivity index (χ3v) is 4.63. The first-order valence-corrected chi connectivity index (χ1v) is 8.77. The predicted octanol–water partition coefficient (Wildman–Crippen LogP) is 3.87. The van der Waals surface area contributed by atoms with Gasteiger partial charge >= 0.3 is 0 Å². The van der Waals surface area contributed by atoms with E-state index in [2.05, 4.69) is 5.32 Å². The molecular formula is C20H18ClNO3. The van der Waals surface area contributed by atoms with Crippen molar-refractivity contribution < 1.29 is 14.3 Å². The van der Waals surface area contributed by atoms with Crippen LogP contribution in [0.15, 0.2) is 42.5 Å². The van der Waals surface area contributed by atoms with Gasteiger partial charge in [0.05, 0.1) is 13.2 Å². The van der Waals surface area contributed by atoms with Gasteiger partial charge in [0.2, 0.25) is 0 Å². The van der Waals surface area contributed by atoms with Crippen molar-refractivity contribution >= 4 is 23.1 Å². The van der Waals surface area contributed by atoms with Gasteiger partial charge in [-0.15, -0.1) is 0 Å². The molecule has 2 aromatic carbocycles. The normalized spacial score (nSPS) is 17.4. The number of rotatable bonds is 2. The number of ether oxygens (including phenoxy) is 2. The smallest absolute Gasteiger partial charge is 0.187 e. The Kier molecular flexibility index (Phi) is 4.36. The number of carbonyl (C=O) groups is 1. The summed E-state index contributed by atoms with van der Waals surface area (Å²) in [5.74, 6) is 1.48. The molecule has 0 saturated heterocycles. The Bertz CT molecular complexity index is 843. The molecule has 2 aliphatic rings. The first kappa shape index (κ1) is 16.0. The van der Waals surface area contributed by atoms with Crippen molar-refractivity contribution in [2.24, 2.45) is 0 Å². The lowest BCUT2D eigenvalue weighted by Crippen LogP contribution is -2.23. The van der Waals surface area contributed by atoms with Crippen LogP contribution in [0.5, 0.6) is 11.5 Å². The van der Waals surface area contributed by atoms with E-state index in [-0.39, 0.29) is 5.78 Å². The molecule has 0 aromatic heterocycles. The third kappa shape index (κ3) is 3.35. The summed E-state index contributed by atoms with van der Waals surface area (Å²) in [5, 5.41) is 3.94. The quantitative estimate of drug-likeness (QED) is 0.656. The van der Waals surface area contributed by atoms with Crippen LogP contribution in [-0.4, -0.2) is 25.5 Å². The Morgan fingerprint density at radius 1 is 1.08 bits per heavy atom. The maximum absolute atomic E-state index is 12.6. The Balaban J connectivity index is 1.70. The molecule has 0 radical (unpaired) electrons. The summed E-state index contributed by atoms with van der Waals surface area (Å²) in [6.07, 6.45) is 3.40. The summed E-state index contributed by atoms with van der Waals surface area (Å²) in [7, 11) is 0. The van der Waals surface area contributed by atoms with Crippen LogP contribution in [0.2, 0.25) is 5.02 Å². The van der Waals surface area contributed by atoms with Crippen molar-refractivity contribution in [3.05, 3.63) is 64.2 Å². The molecule has 4 rings (SSSR count). The Hall–Kier alpha value is -2.46. The lowest BCUT2D eigenvalue weighted by molar-refractivity contribution is 0.104. The molecule has 0 saturated carbocycles. The number of halogens is 1. The van der Waals surface area contributed by atoms with Crippen LogP contribution < -0.4 is 14.8 Å². The van der Waals surface area contributed by atoms with E-state index >= 15 is 0 Å². The van der Waals surface area contributed by atoms with Crippen molar-refractivity contribution in [2.75, 3.05) is 19.8 Å². The molecule has 0 amide bonds. The van der Waals surface area contributed by atoms with E-state index in [1.807, 2.05) is 12.1 Å². The number of carbonyl (C=O) groups excluding carboxylic acids is 1. The van der Waals surface area contributed by atoms with Crippen molar-refractivity contribution in [3.63, 3.8) is 0 Å². The number of ketones is 1. The highest BCUT2D eigenvalue weighted by atomic mass is 35.5. The molecule has 1 N–H and O–H groups in total. The number of fused-ring (bicyclic) bond motifs is 2. The second kappa shape index (κ2) is 6.81. The molecule has 0 unspecified atom stereocenters. The summed E-state index contributed by atoms with van der Waals surface area (Å²) in [6.45, 7) is 2.09. The van der Waals surface area contributed by atoms with Crippen LogP contribution in [0.1, 0.15) is 27.9 Å². The van der Waals surface area contributed by atoms with Gasteiger partial charge in [0.1, 0.15) is 0 Å². The summed E-state index contributed by atoms with van der Waals surface area (Å²) in [4.78, 5) is 12.6. The maximum Gasteiger partial charge on any atom is 0.187 e. The van der Waals surface area contributed by atoms with Gasteiger partial charge in [-0.3, -0.25) is 4.79 Å². The van der Waals surface area contributed by atoms with E-state index < -0.39 is 0 Å². The molecule has 2 aromatic rings. The molecule has 2 aliphatic heterocycles. The molecule has 0 spiro atoms. The van der Waals surface area contributed by atoms with Gasteiger partial charge in [-0.25, -0.2) is 0 Å². The number of nitrogens with one attached hydrogen (secondary N) is 1. The molecule has 128 valence electrons. The second-order valence-electron chi connectivity index (χ2n) is 6.11. The van der Waals surface area contributed by atoms with Crippen LogP contribution >= 0.6 is 11.6 Å². The predicted molar refractivity (Wildman–Crippen MR) is 97.5 cm³/mol. The minimum atomic E-state index is -0.0564. The Labute approximate surface area is 151 Å². The number of benzene rings is 2. The van der Waals surface area contributed by atoms with E-state index in [0.717, 1.165) is 47.7 Å². The molecule has 0 atom stereocenters. The van der Waals surface area contributed by atoms with Gasteiger partial charge in [-0.1, -0.05) is 11.6 Å². The first-order valence-electron chi connectivity index (χ1n) is 8.39. The minimum Gasteiger partial charge on any atom is -0.490 e. The lowest BCUT2D eigenvalue weighted by Gasteiger charge is -2.23. The number of hydrogen-bond acceptors (Lipinski definition) is 4. The summed E-state index contributed by atoms with van der Waals surface area (Å²) in [5.41, 5.74) is 3.59. The van der Waals surface area contributed by atoms with Crippen LogP contribution in [-0.2, 0) is 6.42 Å². The fourth-order valence-electron chi connectivity index (χ4n) is 3.09. The zero-order valence-corrected chi connectivity index (χ0v) is 14.4. The van der Waals surface area contributed by atoms with Gasteiger partial charge in [-0.05, 0) is 48.4 Å². The van der Waals surface area contributed by atoms with E-state index in [1.54, 1.807) is 30.3 Å². The van der Waals surface area contributed by atoms with Gasteiger partial charge in [0.15, 0.2) is 17.3 Å². The monoisotopic (exact) mass is 355 g/mol. The zero-order valence-electron chi connectivity index (χ0n) is 13.7. The average Bonchev–Trinajstić information content (AvgIpc) is 2.85. The van der Waals surface area contributed by atoms with E-state index in [0.29, 0.717) is 23.8 Å². The van der Waals surface area contributed by atoms with E-state index in [9.17, 15) is 4.79 Å². The highest BCUT2D eigenvalue weighted by Crippen LogP contribution is 2.36. The zero-order chi connectivity index (χ0) is 17.2. The van der Waals surface area contributed by atoms with Crippen molar-refractivity contribution in [1.29, 1.82) is 0 Å². The summed E-state index contributed by atoms with van der Waals surface area (Å²) >= 11 is 5.89. The number of allylic oxidation sites excluding steroid dienone is 1. The first-order chi connectivity index (χ1) is 12.2. The minimum absolute atomic E-state index is 0.0564. The second-order valence-corrected chi connectivity index (χ2v) is 6.55. The van der Waals surface area contributed by atoms with Gasteiger partial charge < -0.3 is 14.8 Å². The third-order valence-electron chi connectivity index (χ3n) is 4.38. The Morgan fingerprint density at radius 2 is 1.80 bits per heavy atom. The van der Waals surface area contributed by atoms with Crippen LogP contribution in [0, 0.1) is 0 Å². The molecule has 2 heterocycles. The van der Waals surface area contributed by atoms with Crippen LogP contribution in [0.4, 0.5) is 0 Å². The molecule has 0 aliphatic carbocycles. The highest BCUT2D eigenvalue weighted by Gasteiger charge is 2.20. The molecule has 5 heteroatoms. The fraction of sp³-hybridized carbons (Fsp3) is 0.250. The van der Waals surface area contributed by atoms with Gasteiger partial charge in [0.25, 0.3) is 0 Å². The molecule has 0 fully saturated rings. The maximum atomic E-state index is 12.6. The highest BCUT2D eigenvalue weighted by molar-refractivity contribution is 6.30. The topological polar surface area (TPSA) is 47.6 Å². The lowest BCUT2D eigenvalue weighted by atomic mass is 9.95. The van der Waals surface area contributed by atoms with Crippen LogP contribution in [0.25, 0.3) is 5.70 Å². The van der Waals surface area contributed by atoms with Crippen LogP contribution in [0.3, 0.4) is 0 Å². The Morgan fingerprint density at radius 3 is 2.56 bits per heavy atom. The molecule has 25 heavy (non-hydrogen) atoms. The van der Waals surface area contributed by atoms with E-state index in [1.165, 1.54) is 0 Å². The largest absolute Gasteiger partial charge is 0.490 e. The van der Waals surface area contributed by atoms with Crippen molar-refractivity contribution in [1.82, 2.24) is 5.32 Å². The fourth-order valence-corrected chi connectivity index (χ4v) is 3.22. The van der Waals surface area contributed by atoms with Crippen molar-refractivity contribution in [2.45, 2.75) is 12.8 Å². The van der Waals surface area contributed by atoms with E-state index in [4.69, 9.17) is 21.1 Å². The molecular weight excluding hydrogens is 338 g/mol. The molecule has 4 nitrogen and oxygen atoms in total. The standard InChI is InChI=1S/C20H18ClNO3/c21-15-4-2-13(3-5-15)18(23)12-17-16-11-20-19(24-8-1-9-25-20)10-14(16)6-7-22-17/h2-5,10-12,22H,1,6-9H2/b17-12-. The number of hydrogen-bond donors (Lipinski definition) is 1. The molecule has 0 bridgehead atoms. The summed E-state index contributed by atoms with van der Waals surface area (Å²) in [6, 6.07) is 10.9. The average molecular weight is 356 g/mol.